The molecule has 0 aliphatic heterocycles. The quantitative estimate of drug-likeness (QED) is 0.610. The van der Waals surface area contributed by atoms with Crippen molar-refractivity contribution in [3.8, 4) is 0 Å². The van der Waals surface area contributed by atoms with Crippen LogP contribution < -0.4 is 5.73 Å². The minimum absolute atomic E-state index is 0.172. The maximum atomic E-state index is 10.9. The zero-order valence-electron chi connectivity index (χ0n) is 8.73. The largest absolute Gasteiger partial charge is 0.480 e. The van der Waals surface area contributed by atoms with Gasteiger partial charge in [-0.05, 0) is 24.7 Å². The van der Waals surface area contributed by atoms with E-state index in [1.54, 1.807) is 0 Å². The molecule has 1 rings (SSSR count). The van der Waals surface area contributed by atoms with Crippen LogP contribution in [0.15, 0.2) is 0 Å². The topological polar surface area (TPSA) is 83.6 Å². The summed E-state index contributed by atoms with van der Waals surface area (Å²) >= 11 is 0. The zero-order chi connectivity index (χ0) is 10.9. The third kappa shape index (κ3) is 2.07. The molecule has 0 heterocycles. The Kier molecular flexibility index (Phi) is 3.17. The minimum atomic E-state index is -1.22. The van der Waals surface area contributed by atoms with E-state index in [4.69, 9.17) is 10.8 Å². The summed E-state index contributed by atoms with van der Waals surface area (Å²) in [6.45, 7) is 4.08. The standard InChI is InChI=1S/C10H19NO3/c1-6(2)7-3-4-10(11,9(13)14)5-8(7)12/h6-8,12H,3-5,11H2,1-2H3,(H,13,14). The Balaban J connectivity index is 2.68. The van der Waals surface area contributed by atoms with E-state index in [0.29, 0.717) is 18.8 Å². The van der Waals surface area contributed by atoms with Crippen molar-refractivity contribution >= 4 is 5.97 Å². The normalized spacial score (nSPS) is 38.6. The molecule has 4 heteroatoms. The van der Waals surface area contributed by atoms with E-state index >= 15 is 0 Å². The number of carboxylic acid groups (broad SMARTS) is 1. The summed E-state index contributed by atoms with van der Waals surface area (Å²) in [4.78, 5) is 10.9. The summed E-state index contributed by atoms with van der Waals surface area (Å²) < 4.78 is 0. The fraction of sp³-hybridized carbons (Fsp3) is 0.900. The smallest absolute Gasteiger partial charge is 0.323 e. The fourth-order valence-electron chi connectivity index (χ4n) is 2.22. The van der Waals surface area contributed by atoms with Crippen molar-refractivity contribution in [3.05, 3.63) is 0 Å². The first-order chi connectivity index (χ1) is 6.37. The van der Waals surface area contributed by atoms with Crippen molar-refractivity contribution in [2.24, 2.45) is 17.6 Å². The summed E-state index contributed by atoms with van der Waals surface area (Å²) in [6.07, 6.45) is 0.750. The second-order valence-electron chi connectivity index (χ2n) is 4.68. The Morgan fingerprint density at radius 2 is 2.14 bits per heavy atom. The molecule has 14 heavy (non-hydrogen) atoms. The Bertz CT molecular complexity index is 229. The van der Waals surface area contributed by atoms with E-state index in [-0.39, 0.29) is 12.3 Å². The highest BCUT2D eigenvalue weighted by molar-refractivity contribution is 5.78. The van der Waals surface area contributed by atoms with E-state index in [9.17, 15) is 9.90 Å². The average Bonchev–Trinajstić information content (AvgIpc) is 2.02. The lowest BCUT2D eigenvalue weighted by atomic mass is 9.71. The number of hydrogen-bond donors (Lipinski definition) is 3. The Morgan fingerprint density at radius 1 is 1.57 bits per heavy atom. The number of aliphatic hydroxyl groups is 1. The van der Waals surface area contributed by atoms with Crippen molar-refractivity contribution in [1.29, 1.82) is 0 Å². The maximum absolute atomic E-state index is 10.9. The Morgan fingerprint density at radius 3 is 2.50 bits per heavy atom. The molecule has 0 aromatic carbocycles. The molecule has 0 bridgehead atoms. The van der Waals surface area contributed by atoms with Crippen LogP contribution in [0.5, 0.6) is 0 Å². The number of aliphatic carboxylic acids is 1. The number of carboxylic acids is 1. The number of aliphatic hydroxyl groups excluding tert-OH is 1. The second-order valence-corrected chi connectivity index (χ2v) is 4.68. The molecule has 0 aromatic rings. The average molecular weight is 201 g/mol. The van der Waals surface area contributed by atoms with Gasteiger partial charge in [0.2, 0.25) is 0 Å². The highest BCUT2D eigenvalue weighted by Crippen LogP contribution is 2.34. The third-order valence-corrected chi connectivity index (χ3v) is 3.27. The van der Waals surface area contributed by atoms with Crippen LogP contribution in [0.1, 0.15) is 33.1 Å². The molecule has 1 fully saturated rings. The van der Waals surface area contributed by atoms with Gasteiger partial charge in [-0.2, -0.15) is 0 Å². The van der Waals surface area contributed by atoms with E-state index in [2.05, 4.69) is 0 Å². The molecule has 0 aromatic heterocycles. The van der Waals surface area contributed by atoms with E-state index < -0.39 is 17.6 Å². The monoisotopic (exact) mass is 201 g/mol. The molecule has 4 N–H and O–H groups in total. The van der Waals surface area contributed by atoms with Crippen molar-refractivity contribution in [2.75, 3.05) is 0 Å². The molecule has 3 unspecified atom stereocenters. The lowest BCUT2D eigenvalue weighted by Gasteiger charge is -2.39. The lowest BCUT2D eigenvalue weighted by Crippen LogP contribution is -2.55. The fourth-order valence-corrected chi connectivity index (χ4v) is 2.22. The SMILES string of the molecule is CC(C)C1CCC(N)(C(=O)O)CC1O. The third-order valence-electron chi connectivity index (χ3n) is 3.27. The van der Waals surface area contributed by atoms with Crippen LogP contribution in [0.3, 0.4) is 0 Å². The van der Waals surface area contributed by atoms with Gasteiger partial charge in [0, 0.05) is 6.42 Å². The molecular weight excluding hydrogens is 182 g/mol. The van der Waals surface area contributed by atoms with Gasteiger partial charge in [-0.1, -0.05) is 13.8 Å². The molecule has 1 aliphatic carbocycles. The second kappa shape index (κ2) is 3.87. The number of rotatable bonds is 2. The van der Waals surface area contributed by atoms with Gasteiger partial charge in [0.25, 0.3) is 0 Å². The van der Waals surface area contributed by atoms with Gasteiger partial charge in [0.1, 0.15) is 5.54 Å². The maximum Gasteiger partial charge on any atom is 0.323 e. The summed E-state index contributed by atoms with van der Waals surface area (Å²) in [5.74, 6) is -0.437. The number of carbonyl (C=O) groups is 1. The minimum Gasteiger partial charge on any atom is -0.480 e. The van der Waals surface area contributed by atoms with Gasteiger partial charge in [0.05, 0.1) is 6.10 Å². The van der Waals surface area contributed by atoms with Crippen molar-refractivity contribution in [3.63, 3.8) is 0 Å². The lowest BCUT2D eigenvalue weighted by molar-refractivity contribution is -0.147. The van der Waals surface area contributed by atoms with Gasteiger partial charge in [-0.25, -0.2) is 0 Å². The van der Waals surface area contributed by atoms with Crippen LogP contribution in [0.4, 0.5) is 0 Å². The van der Waals surface area contributed by atoms with Crippen molar-refractivity contribution in [1.82, 2.24) is 0 Å². The van der Waals surface area contributed by atoms with Crippen molar-refractivity contribution < 1.29 is 15.0 Å². The van der Waals surface area contributed by atoms with E-state index in [1.807, 2.05) is 13.8 Å². The molecule has 0 amide bonds. The Labute approximate surface area is 84.1 Å². The predicted octanol–water partition coefficient (Wildman–Crippen LogP) is 0.585. The Hall–Kier alpha value is -0.610. The van der Waals surface area contributed by atoms with E-state index in [1.165, 1.54) is 0 Å². The number of hydrogen-bond acceptors (Lipinski definition) is 3. The highest BCUT2D eigenvalue weighted by atomic mass is 16.4. The van der Waals surface area contributed by atoms with Crippen LogP contribution in [-0.4, -0.2) is 27.8 Å². The summed E-state index contributed by atoms with van der Waals surface area (Å²) in [5, 5.41) is 18.7. The van der Waals surface area contributed by atoms with Gasteiger partial charge in [-0.15, -0.1) is 0 Å². The molecule has 0 spiro atoms. The number of nitrogens with two attached hydrogens (primary N) is 1. The molecule has 0 radical (unpaired) electrons. The first-order valence-electron chi connectivity index (χ1n) is 5.07. The van der Waals surface area contributed by atoms with Gasteiger partial charge < -0.3 is 15.9 Å². The summed E-state index contributed by atoms with van der Waals surface area (Å²) in [6, 6.07) is 0. The molecule has 82 valence electrons. The van der Waals surface area contributed by atoms with Crippen molar-refractivity contribution in [2.45, 2.75) is 44.8 Å². The van der Waals surface area contributed by atoms with Crippen LogP contribution in [-0.2, 0) is 4.79 Å². The molecule has 0 saturated heterocycles. The van der Waals surface area contributed by atoms with Crippen LogP contribution >= 0.6 is 0 Å². The van der Waals surface area contributed by atoms with Gasteiger partial charge >= 0.3 is 5.97 Å². The zero-order valence-corrected chi connectivity index (χ0v) is 8.73. The summed E-state index contributed by atoms with van der Waals surface area (Å²) in [7, 11) is 0. The van der Waals surface area contributed by atoms with Crippen LogP contribution in [0.25, 0.3) is 0 Å². The van der Waals surface area contributed by atoms with Gasteiger partial charge in [0.15, 0.2) is 0 Å². The van der Waals surface area contributed by atoms with Crippen LogP contribution in [0.2, 0.25) is 0 Å². The molecule has 4 nitrogen and oxygen atoms in total. The molecule has 1 aliphatic rings. The first kappa shape index (κ1) is 11.5. The first-order valence-corrected chi connectivity index (χ1v) is 5.07. The predicted molar refractivity (Wildman–Crippen MR) is 52.7 cm³/mol. The van der Waals surface area contributed by atoms with Crippen LogP contribution in [0, 0.1) is 11.8 Å². The molecular formula is C10H19NO3. The molecule has 3 atom stereocenters. The molecule has 1 saturated carbocycles. The highest BCUT2D eigenvalue weighted by Gasteiger charge is 2.43. The van der Waals surface area contributed by atoms with Gasteiger partial charge in [-0.3, -0.25) is 4.79 Å². The van der Waals surface area contributed by atoms with E-state index in [0.717, 1.165) is 0 Å². The summed E-state index contributed by atoms with van der Waals surface area (Å²) in [5.41, 5.74) is 4.48.